The van der Waals surface area contributed by atoms with Crippen LogP contribution in [0.1, 0.15) is 27.0 Å². The van der Waals surface area contributed by atoms with Gasteiger partial charge in [-0.1, -0.05) is 24.3 Å². The predicted molar refractivity (Wildman–Crippen MR) is 88.9 cm³/mol. The number of carbonyl (C=O) groups excluding carboxylic acids is 2. The minimum atomic E-state index is -3.85. The monoisotopic (exact) mass is 356 g/mol. The van der Waals surface area contributed by atoms with Crippen LogP contribution in [0, 0.1) is 0 Å². The maximum absolute atomic E-state index is 13.0. The molecule has 1 aliphatic heterocycles. The van der Waals surface area contributed by atoms with Gasteiger partial charge in [-0.05, 0) is 12.1 Å². The van der Waals surface area contributed by atoms with Gasteiger partial charge in [0.1, 0.15) is 5.75 Å². The van der Waals surface area contributed by atoms with Gasteiger partial charge < -0.3 is 9.64 Å². The van der Waals surface area contributed by atoms with Gasteiger partial charge in [-0.25, -0.2) is 4.79 Å². The summed E-state index contributed by atoms with van der Waals surface area (Å²) in [7, 11) is -0.800. The molecule has 2 aromatic rings. The van der Waals surface area contributed by atoms with E-state index in [-0.39, 0.29) is 27.5 Å². The second-order valence-electron chi connectivity index (χ2n) is 5.86. The Bertz CT molecular complexity index is 1100. The topological polar surface area (TPSA) is 93.1 Å². The Morgan fingerprint density at radius 3 is 2.44 bits per heavy atom. The Balaban J connectivity index is 1.99. The molecule has 0 saturated carbocycles. The minimum Gasteiger partial charge on any atom is -0.409 e. The third kappa shape index (κ3) is 2.11. The smallest absolute Gasteiger partial charge is 0.409 e. The van der Waals surface area contributed by atoms with Gasteiger partial charge in [-0.15, -0.1) is 0 Å². The summed E-state index contributed by atoms with van der Waals surface area (Å²) in [5.74, 6) is -0.325. The van der Waals surface area contributed by atoms with Gasteiger partial charge in [-0.3, -0.25) is 4.79 Å². The Labute approximate surface area is 143 Å². The Hall–Kier alpha value is -3.00. The van der Waals surface area contributed by atoms with Crippen molar-refractivity contribution in [2.75, 3.05) is 14.1 Å². The van der Waals surface area contributed by atoms with Crippen LogP contribution >= 0.6 is 0 Å². The number of fused-ring (bicyclic) bond motifs is 2. The number of carbonyl (C=O) groups is 2. The minimum absolute atomic E-state index is 0.0229. The summed E-state index contributed by atoms with van der Waals surface area (Å²) < 4.78 is 33.7. The molecule has 1 heterocycles. The average molecular weight is 356 g/mol. The predicted octanol–water partition coefficient (Wildman–Crippen LogP) is 1.83. The first-order valence-electron chi connectivity index (χ1n) is 7.37. The van der Waals surface area contributed by atoms with Crippen molar-refractivity contribution in [3.8, 4) is 5.75 Å². The average Bonchev–Trinajstić information content (AvgIpc) is 2.85. The molecule has 2 aromatic carbocycles. The molecular formula is C17H12N2O5S. The van der Waals surface area contributed by atoms with Crippen LogP contribution in [0.2, 0.25) is 0 Å². The number of rotatable bonds is 1. The van der Waals surface area contributed by atoms with E-state index in [0.717, 1.165) is 0 Å². The molecule has 7 nitrogen and oxygen atoms in total. The number of amides is 1. The summed E-state index contributed by atoms with van der Waals surface area (Å²) in [6.45, 7) is 0. The van der Waals surface area contributed by atoms with Crippen molar-refractivity contribution in [3.63, 3.8) is 0 Å². The molecule has 25 heavy (non-hydrogen) atoms. The van der Waals surface area contributed by atoms with E-state index in [1.54, 1.807) is 18.2 Å². The van der Waals surface area contributed by atoms with Crippen molar-refractivity contribution in [3.05, 3.63) is 58.7 Å². The molecule has 0 saturated heterocycles. The molecule has 8 heteroatoms. The highest BCUT2D eigenvalue weighted by atomic mass is 32.2. The molecule has 0 fully saturated rings. The van der Waals surface area contributed by atoms with Gasteiger partial charge in [0.2, 0.25) is 0 Å². The molecule has 126 valence electrons. The third-order valence-corrected chi connectivity index (χ3v) is 5.39. The normalized spacial score (nSPS) is 15.9. The summed E-state index contributed by atoms with van der Waals surface area (Å²) >= 11 is 0. The maximum Gasteiger partial charge on any atom is 0.414 e. The molecule has 0 spiro atoms. The molecule has 1 amide bonds. The molecule has 1 aliphatic carbocycles. The molecule has 4 rings (SSSR count). The second kappa shape index (κ2) is 5.00. The Morgan fingerprint density at radius 1 is 1.04 bits per heavy atom. The lowest BCUT2D eigenvalue weighted by Gasteiger charge is -2.21. The van der Waals surface area contributed by atoms with Gasteiger partial charge in [0.05, 0.1) is 16.2 Å². The zero-order valence-electron chi connectivity index (χ0n) is 13.3. The fraction of sp³-hybridized carbons (Fsp3) is 0.118. The molecule has 2 aliphatic rings. The van der Waals surface area contributed by atoms with E-state index in [1.165, 1.54) is 37.2 Å². The molecule has 0 aromatic heterocycles. The molecule has 0 radical (unpaired) electrons. The van der Waals surface area contributed by atoms with Crippen molar-refractivity contribution in [2.45, 2.75) is 4.90 Å². The van der Waals surface area contributed by atoms with E-state index in [2.05, 4.69) is 4.40 Å². The zero-order chi connectivity index (χ0) is 17.9. The van der Waals surface area contributed by atoms with Crippen molar-refractivity contribution < 1.29 is 22.7 Å². The van der Waals surface area contributed by atoms with Crippen LogP contribution in [0.5, 0.6) is 5.75 Å². The van der Waals surface area contributed by atoms with Gasteiger partial charge in [0.25, 0.3) is 10.0 Å². The highest BCUT2D eigenvalue weighted by molar-refractivity contribution is 7.90. The molecule has 0 atom stereocenters. The number of hydrogen-bond acceptors (Lipinski definition) is 5. The lowest BCUT2D eigenvalue weighted by Crippen LogP contribution is -2.27. The number of benzene rings is 2. The molecule has 0 N–H and O–H groups in total. The van der Waals surface area contributed by atoms with E-state index in [1.807, 2.05) is 0 Å². The lowest BCUT2D eigenvalue weighted by atomic mass is 9.83. The van der Waals surface area contributed by atoms with Gasteiger partial charge >= 0.3 is 6.09 Å². The van der Waals surface area contributed by atoms with Crippen molar-refractivity contribution >= 4 is 27.6 Å². The SMILES string of the molecule is CN(C)C(=O)Oc1cccc2c1C(=O)c1cccc3c1C2=NS3(=O)=O. The largest absolute Gasteiger partial charge is 0.414 e. The van der Waals surface area contributed by atoms with Crippen molar-refractivity contribution in [2.24, 2.45) is 4.40 Å². The molecular weight excluding hydrogens is 344 g/mol. The second-order valence-corrected chi connectivity index (χ2v) is 7.44. The first-order valence-corrected chi connectivity index (χ1v) is 8.81. The van der Waals surface area contributed by atoms with E-state index in [9.17, 15) is 18.0 Å². The van der Waals surface area contributed by atoms with Crippen LogP contribution in [0.3, 0.4) is 0 Å². The van der Waals surface area contributed by atoms with E-state index >= 15 is 0 Å². The van der Waals surface area contributed by atoms with Crippen LogP contribution in [0.15, 0.2) is 45.7 Å². The highest BCUT2D eigenvalue weighted by Gasteiger charge is 2.40. The molecule has 0 unspecified atom stereocenters. The lowest BCUT2D eigenvalue weighted by molar-refractivity contribution is 0.103. The Morgan fingerprint density at radius 2 is 1.72 bits per heavy atom. The van der Waals surface area contributed by atoms with Crippen LogP contribution in [0.4, 0.5) is 4.79 Å². The van der Waals surface area contributed by atoms with E-state index in [0.29, 0.717) is 11.1 Å². The quantitative estimate of drug-likeness (QED) is 0.663. The fourth-order valence-corrected chi connectivity index (χ4v) is 4.19. The van der Waals surface area contributed by atoms with E-state index in [4.69, 9.17) is 4.74 Å². The van der Waals surface area contributed by atoms with Gasteiger partial charge in [-0.2, -0.15) is 12.8 Å². The van der Waals surface area contributed by atoms with Gasteiger partial charge in [0.15, 0.2) is 5.78 Å². The summed E-state index contributed by atoms with van der Waals surface area (Å²) in [6.07, 6.45) is -0.637. The third-order valence-electron chi connectivity index (χ3n) is 4.07. The standard InChI is InChI=1S/C17H12N2O5S/c1-19(2)17(21)24-11-7-3-5-9-13(11)16(20)10-6-4-8-12-14(10)15(9)18-25(12,22)23/h3-8H,1-2H3. The fourth-order valence-electron chi connectivity index (χ4n) is 2.95. The van der Waals surface area contributed by atoms with Crippen LogP contribution in [0.25, 0.3) is 0 Å². The number of sulfonamides is 1. The maximum atomic E-state index is 13.0. The highest BCUT2D eigenvalue weighted by Crippen LogP contribution is 2.40. The number of hydrogen-bond donors (Lipinski definition) is 0. The summed E-state index contributed by atoms with van der Waals surface area (Å²) in [4.78, 5) is 26.1. The molecule has 0 bridgehead atoms. The summed E-state index contributed by atoms with van der Waals surface area (Å²) in [5.41, 5.74) is 1.24. The van der Waals surface area contributed by atoms with E-state index < -0.39 is 21.9 Å². The summed E-state index contributed by atoms with van der Waals surface area (Å²) in [6, 6.07) is 9.16. The first-order chi connectivity index (χ1) is 11.8. The number of ketones is 1. The number of nitrogens with zero attached hydrogens (tertiary/aromatic N) is 2. The summed E-state index contributed by atoms with van der Waals surface area (Å²) in [5, 5.41) is 0. The number of ether oxygens (including phenoxy) is 1. The van der Waals surface area contributed by atoms with Crippen LogP contribution in [-0.4, -0.2) is 45.0 Å². The zero-order valence-corrected chi connectivity index (χ0v) is 14.1. The Kier molecular flexibility index (Phi) is 3.10. The van der Waals surface area contributed by atoms with Gasteiger partial charge in [0, 0.05) is 30.8 Å². The van der Waals surface area contributed by atoms with Crippen molar-refractivity contribution in [1.82, 2.24) is 4.90 Å². The van der Waals surface area contributed by atoms with Crippen LogP contribution < -0.4 is 4.74 Å². The van der Waals surface area contributed by atoms with Crippen LogP contribution in [-0.2, 0) is 10.0 Å². The van der Waals surface area contributed by atoms with Crippen molar-refractivity contribution in [1.29, 1.82) is 0 Å². The first kappa shape index (κ1) is 15.5.